The van der Waals surface area contributed by atoms with E-state index in [-0.39, 0.29) is 5.97 Å². The van der Waals surface area contributed by atoms with E-state index < -0.39 is 0 Å². The Hall–Kier alpha value is -0.250. The van der Waals surface area contributed by atoms with E-state index in [1.165, 1.54) is 6.07 Å². The maximum Gasteiger partial charge on any atom is 0.311 e. The molecule has 0 N–H and O–H groups in total. The second-order valence-corrected chi connectivity index (χ2v) is 4.45. The van der Waals surface area contributed by atoms with E-state index in [9.17, 15) is 4.79 Å². The molecule has 2 nitrogen and oxygen atoms in total. The van der Waals surface area contributed by atoms with Gasteiger partial charge in [-0.25, -0.2) is 0 Å². The van der Waals surface area contributed by atoms with Gasteiger partial charge in [-0.3, -0.25) is 4.79 Å². The van der Waals surface area contributed by atoms with Crippen LogP contribution < -0.4 is 4.74 Å². The van der Waals surface area contributed by atoms with Gasteiger partial charge in [-0.15, -0.1) is 0 Å². The van der Waals surface area contributed by atoms with Crippen molar-refractivity contribution in [2.45, 2.75) is 12.8 Å². The minimum atomic E-state index is -0.271. The van der Waals surface area contributed by atoms with Crippen molar-refractivity contribution in [2.75, 3.05) is 5.33 Å². The summed E-state index contributed by atoms with van der Waals surface area (Å²) in [5, 5.41) is 1.60. The molecule has 0 aliphatic carbocycles. The van der Waals surface area contributed by atoms with Crippen LogP contribution in [0.4, 0.5) is 0 Å². The van der Waals surface area contributed by atoms with Crippen LogP contribution in [0.5, 0.6) is 5.75 Å². The maximum atomic E-state index is 11.2. The highest BCUT2D eigenvalue weighted by Crippen LogP contribution is 2.26. The van der Waals surface area contributed by atoms with Gasteiger partial charge in [-0.1, -0.05) is 39.1 Å². The Bertz CT molecular complexity index is 355. The number of halogens is 3. The minimum Gasteiger partial charge on any atom is -0.426 e. The molecule has 0 aliphatic heterocycles. The third kappa shape index (κ3) is 4.41. The van der Waals surface area contributed by atoms with Crippen molar-refractivity contribution in [1.29, 1.82) is 0 Å². The molecule has 0 spiro atoms. The Balaban J connectivity index is 2.57. The predicted molar refractivity (Wildman–Crippen MR) is 65.1 cm³/mol. The Kier molecular flexibility index (Phi) is 5.43. The number of benzene rings is 1. The van der Waals surface area contributed by atoms with Crippen LogP contribution >= 0.6 is 39.1 Å². The SMILES string of the molecule is O=C(CCCBr)Oc1ccc(Cl)c(Cl)c1. The van der Waals surface area contributed by atoms with Crippen LogP contribution in [-0.2, 0) is 4.79 Å². The highest BCUT2D eigenvalue weighted by Gasteiger charge is 2.06. The number of carbonyl (C=O) groups excluding carboxylic acids is 1. The van der Waals surface area contributed by atoms with Crippen molar-refractivity contribution in [3.05, 3.63) is 28.2 Å². The lowest BCUT2D eigenvalue weighted by Crippen LogP contribution is -2.07. The molecule has 0 radical (unpaired) electrons. The molecule has 0 fully saturated rings. The second-order valence-electron chi connectivity index (χ2n) is 2.84. The van der Waals surface area contributed by atoms with Crippen LogP contribution in [0, 0.1) is 0 Å². The molecule has 0 bridgehead atoms. The van der Waals surface area contributed by atoms with Crippen LogP contribution in [0.1, 0.15) is 12.8 Å². The number of esters is 1. The lowest BCUT2D eigenvalue weighted by molar-refractivity contribution is -0.134. The van der Waals surface area contributed by atoms with Gasteiger partial charge in [0.05, 0.1) is 10.0 Å². The van der Waals surface area contributed by atoms with Gasteiger partial charge in [0.1, 0.15) is 5.75 Å². The molecule has 0 unspecified atom stereocenters. The van der Waals surface area contributed by atoms with Crippen molar-refractivity contribution in [2.24, 2.45) is 0 Å². The summed E-state index contributed by atoms with van der Waals surface area (Å²) < 4.78 is 5.05. The van der Waals surface area contributed by atoms with E-state index in [0.717, 1.165) is 11.8 Å². The molecule has 0 saturated heterocycles. The summed E-state index contributed by atoms with van der Waals surface area (Å²) >= 11 is 14.7. The topological polar surface area (TPSA) is 26.3 Å². The van der Waals surface area contributed by atoms with Crippen LogP contribution in [0.25, 0.3) is 0 Å². The van der Waals surface area contributed by atoms with Gasteiger partial charge in [0.25, 0.3) is 0 Å². The predicted octanol–water partition coefficient (Wildman–Crippen LogP) is 4.07. The fourth-order valence-corrected chi connectivity index (χ4v) is 1.50. The van der Waals surface area contributed by atoms with Crippen LogP contribution in [0.3, 0.4) is 0 Å². The highest BCUT2D eigenvalue weighted by atomic mass is 79.9. The van der Waals surface area contributed by atoms with Crippen molar-refractivity contribution >= 4 is 45.1 Å². The first-order chi connectivity index (χ1) is 7.13. The van der Waals surface area contributed by atoms with Crippen LogP contribution in [0.15, 0.2) is 18.2 Å². The van der Waals surface area contributed by atoms with E-state index in [1.807, 2.05) is 0 Å². The fraction of sp³-hybridized carbons (Fsp3) is 0.300. The summed E-state index contributed by atoms with van der Waals surface area (Å²) in [6.07, 6.45) is 1.13. The standard InChI is InChI=1S/C10H9BrCl2O2/c11-5-1-2-10(14)15-7-3-4-8(12)9(13)6-7/h3-4,6H,1-2,5H2. The first-order valence-corrected chi connectivity index (χ1v) is 6.23. The molecule has 0 saturated carbocycles. The monoisotopic (exact) mass is 310 g/mol. The largest absolute Gasteiger partial charge is 0.426 e. The van der Waals surface area contributed by atoms with E-state index in [0.29, 0.717) is 22.2 Å². The molecule has 0 atom stereocenters. The number of hydrogen-bond acceptors (Lipinski definition) is 2. The Morgan fingerprint density at radius 2 is 2.07 bits per heavy atom. The molecular weight excluding hydrogens is 303 g/mol. The number of ether oxygens (including phenoxy) is 1. The average Bonchev–Trinajstić information content (AvgIpc) is 2.20. The lowest BCUT2D eigenvalue weighted by Gasteiger charge is -2.04. The van der Waals surface area contributed by atoms with E-state index in [4.69, 9.17) is 27.9 Å². The third-order valence-electron chi connectivity index (χ3n) is 1.64. The van der Waals surface area contributed by atoms with Gasteiger partial charge in [0, 0.05) is 17.8 Å². The normalized spacial score (nSPS) is 10.1. The maximum absolute atomic E-state index is 11.2. The van der Waals surface area contributed by atoms with Crippen molar-refractivity contribution in [3.8, 4) is 5.75 Å². The van der Waals surface area contributed by atoms with Gasteiger partial charge in [-0.2, -0.15) is 0 Å². The zero-order valence-corrected chi connectivity index (χ0v) is 10.9. The molecule has 1 rings (SSSR count). The zero-order valence-electron chi connectivity index (χ0n) is 7.80. The number of rotatable bonds is 4. The molecular formula is C10H9BrCl2O2. The molecule has 15 heavy (non-hydrogen) atoms. The molecule has 0 aliphatic rings. The summed E-state index contributed by atoms with van der Waals surface area (Å²) in [5.74, 6) is 0.150. The van der Waals surface area contributed by atoms with Gasteiger partial charge in [0.2, 0.25) is 0 Å². The second kappa shape index (κ2) is 6.36. The van der Waals surface area contributed by atoms with Crippen molar-refractivity contribution in [3.63, 3.8) is 0 Å². The van der Waals surface area contributed by atoms with Gasteiger partial charge in [-0.05, 0) is 18.6 Å². The van der Waals surface area contributed by atoms with Gasteiger partial charge >= 0.3 is 5.97 Å². The summed E-state index contributed by atoms with van der Waals surface area (Å²) in [6.45, 7) is 0. The first kappa shape index (κ1) is 12.8. The summed E-state index contributed by atoms with van der Waals surface area (Å²) in [5.41, 5.74) is 0. The molecule has 0 heterocycles. The Labute approximate surface area is 107 Å². The molecule has 5 heteroatoms. The van der Waals surface area contributed by atoms with E-state index in [1.54, 1.807) is 12.1 Å². The molecule has 82 valence electrons. The molecule has 1 aromatic rings. The van der Waals surface area contributed by atoms with Crippen molar-refractivity contribution < 1.29 is 9.53 Å². The number of alkyl halides is 1. The number of carbonyl (C=O) groups is 1. The minimum absolute atomic E-state index is 0.271. The van der Waals surface area contributed by atoms with Gasteiger partial charge < -0.3 is 4.74 Å². The van der Waals surface area contributed by atoms with Crippen LogP contribution in [-0.4, -0.2) is 11.3 Å². The quantitative estimate of drug-likeness (QED) is 0.476. The van der Waals surface area contributed by atoms with Crippen LogP contribution in [0.2, 0.25) is 10.0 Å². The first-order valence-electron chi connectivity index (χ1n) is 4.35. The zero-order chi connectivity index (χ0) is 11.3. The molecule has 0 amide bonds. The summed E-state index contributed by atoms with van der Waals surface area (Å²) in [4.78, 5) is 11.2. The summed E-state index contributed by atoms with van der Waals surface area (Å²) in [6, 6.07) is 4.73. The van der Waals surface area contributed by atoms with Gasteiger partial charge in [0.15, 0.2) is 0 Å². The molecule has 1 aromatic carbocycles. The van der Waals surface area contributed by atoms with E-state index >= 15 is 0 Å². The smallest absolute Gasteiger partial charge is 0.311 e. The highest BCUT2D eigenvalue weighted by molar-refractivity contribution is 9.09. The Morgan fingerprint density at radius 3 is 2.67 bits per heavy atom. The fourth-order valence-electron chi connectivity index (χ4n) is 0.934. The third-order valence-corrected chi connectivity index (χ3v) is 2.94. The summed E-state index contributed by atoms with van der Waals surface area (Å²) in [7, 11) is 0. The van der Waals surface area contributed by atoms with Crippen molar-refractivity contribution in [1.82, 2.24) is 0 Å². The molecule has 0 aromatic heterocycles. The Morgan fingerprint density at radius 1 is 1.33 bits per heavy atom. The number of hydrogen-bond donors (Lipinski definition) is 0. The van der Waals surface area contributed by atoms with E-state index in [2.05, 4.69) is 15.9 Å². The lowest BCUT2D eigenvalue weighted by atomic mass is 10.3. The average molecular weight is 312 g/mol.